The first kappa shape index (κ1) is 17.1. The van der Waals surface area contributed by atoms with E-state index < -0.39 is 11.9 Å². The molecular formula is C18H17Cl2NO3. The van der Waals surface area contributed by atoms with E-state index in [0.717, 1.165) is 18.5 Å². The quantitative estimate of drug-likeness (QED) is 0.800. The molecule has 1 aromatic rings. The fraction of sp³-hybridized carbons (Fsp3) is 0.333. The molecule has 3 rings (SSSR count). The normalized spacial score (nSPS) is 20.7. The van der Waals surface area contributed by atoms with Crippen molar-refractivity contribution in [2.45, 2.75) is 32.1 Å². The highest BCUT2D eigenvalue weighted by Gasteiger charge is 2.39. The highest BCUT2D eigenvalue weighted by Crippen LogP contribution is 2.45. The molecule has 0 amide bonds. The second-order valence-electron chi connectivity index (χ2n) is 5.90. The third-order valence-electron chi connectivity index (χ3n) is 4.47. The first-order valence-corrected chi connectivity index (χ1v) is 8.47. The van der Waals surface area contributed by atoms with Crippen LogP contribution in [-0.4, -0.2) is 18.9 Å². The Bertz CT molecular complexity index is 795. The second-order valence-corrected chi connectivity index (χ2v) is 6.69. The molecule has 2 aliphatic rings. The average molecular weight is 366 g/mol. The molecular weight excluding hydrogens is 349 g/mol. The lowest BCUT2D eigenvalue weighted by molar-refractivity contribution is -0.136. The Labute approximate surface area is 150 Å². The summed E-state index contributed by atoms with van der Waals surface area (Å²) in [4.78, 5) is 25.0. The maximum absolute atomic E-state index is 12.6. The van der Waals surface area contributed by atoms with Gasteiger partial charge in [-0.25, -0.2) is 4.79 Å². The molecule has 0 saturated heterocycles. The summed E-state index contributed by atoms with van der Waals surface area (Å²) in [5.41, 5.74) is 3.18. The van der Waals surface area contributed by atoms with Crippen LogP contribution < -0.4 is 5.32 Å². The zero-order chi connectivity index (χ0) is 17.4. The number of halogens is 2. The summed E-state index contributed by atoms with van der Waals surface area (Å²) in [7, 11) is 1.33. The highest BCUT2D eigenvalue weighted by molar-refractivity contribution is 6.42. The van der Waals surface area contributed by atoms with Crippen molar-refractivity contribution >= 4 is 35.0 Å². The number of nitrogens with one attached hydrogen (secondary N) is 1. The largest absolute Gasteiger partial charge is 0.466 e. The Morgan fingerprint density at radius 3 is 2.75 bits per heavy atom. The van der Waals surface area contributed by atoms with E-state index in [2.05, 4.69) is 5.32 Å². The van der Waals surface area contributed by atoms with Crippen molar-refractivity contribution in [1.82, 2.24) is 5.32 Å². The Balaban J connectivity index is 2.26. The first-order valence-electron chi connectivity index (χ1n) is 7.72. The Hall–Kier alpha value is -1.78. The monoisotopic (exact) mass is 365 g/mol. The number of Topliss-reactive ketones (excluding diaryl/α,β-unsaturated/α-hetero) is 1. The molecule has 0 aromatic heterocycles. The van der Waals surface area contributed by atoms with Crippen molar-refractivity contribution in [2.75, 3.05) is 7.11 Å². The molecule has 1 aliphatic heterocycles. The van der Waals surface area contributed by atoms with Gasteiger partial charge in [-0.2, -0.15) is 0 Å². The zero-order valence-electron chi connectivity index (χ0n) is 13.4. The van der Waals surface area contributed by atoms with Crippen LogP contribution in [0.5, 0.6) is 0 Å². The van der Waals surface area contributed by atoms with Crippen molar-refractivity contribution in [1.29, 1.82) is 0 Å². The minimum Gasteiger partial charge on any atom is -0.466 e. The van der Waals surface area contributed by atoms with Crippen LogP contribution in [0.3, 0.4) is 0 Å². The van der Waals surface area contributed by atoms with Gasteiger partial charge in [0, 0.05) is 29.3 Å². The van der Waals surface area contributed by atoms with Crippen LogP contribution in [0.25, 0.3) is 0 Å². The molecule has 24 heavy (non-hydrogen) atoms. The van der Waals surface area contributed by atoms with E-state index in [1.165, 1.54) is 7.11 Å². The molecule has 6 heteroatoms. The number of ketones is 1. The summed E-state index contributed by atoms with van der Waals surface area (Å²) in [5, 5.41) is 3.95. The van der Waals surface area contributed by atoms with E-state index >= 15 is 0 Å². The van der Waals surface area contributed by atoms with E-state index in [-0.39, 0.29) is 5.78 Å². The molecule has 1 aliphatic carbocycles. The summed E-state index contributed by atoms with van der Waals surface area (Å²) in [6, 6.07) is 5.25. The van der Waals surface area contributed by atoms with Crippen LogP contribution in [0.1, 0.15) is 37.7 Å². The maximum atomic E-state index is 12.6. The number of esters is 1. The van der Waals surface area contributed by atoms with Crippen molar-refractivity contribution in [3.8, 4) is 0 Å². The Morgan fingerprint density at radius 1 is 1.29 bits per heavy atom. The van der Waals surface area contributed by atoms with Gasteiger partial charge >= 0.3 is 5.97 Å². The van der Waals surface area contributed by atoms with E-state index in [9.17, 15) is 9.59 Å². The molecule has 0 spiro atoms. The van der Waals surface area contributed by atoms with E-state index in [1.807, 2.05) is 0 Å². The van der Waals surface area contributed by atoms with Gasteiger partial charge in [0.25, 0.3) is 0 Å². The lowest BCUT2D eigenvalue weighted by Gasteiger charge is -2.34. The minimum absolute atomic E-state index is 0.0266. The summed E-state index contributed by atoms with van der Waals surface area (Å²) in [6.07, 6.45) is 2.02. The molecule has 0 bridgehead atoms. The van der Waals surface area contributed by atoms with Gasteiger partial charge in [-0.15, -0.1) is 0 Å². The van der Waals surface area contributed by atoms with Crippen molar-refractivity contribution < 1.29 is 14.3 Å². The van der Waals surface area contributed by atoms with Gasteiger partial charge < -0.3 is 10.1 Å². The predicted octanol–water partition coefficient (Wildman–Crippen LogP) is 4.13. The molecule has 0 unspecified atom stereocenters. The second kappa shape index (κ2) is 6.61. The Kier molecular flexibility index (Phi) is 4.70. The van der Waals surface area contributed by atoms with Gasteiger partial charge in [-0.3, -0.25) is 4.79 Å². The van der Waals surface area contributed by atoms with Crippen molar-refractivity contribution in [3.63, 3.8) is 0 Å². The molecule has 126 valence electrons. The van der Waals surface area contributed by atoms with Crippen LogP contribution in [0.15, 0.2) is 40.7 Å². The molecule has 1 aromatic carbocycles. The number of allylic oxidation sites excluding steroid dienone is 3. The van der Waals surface area contributed by atoms with Crippen LogP contribution in [0.2, 0.25) is 10.0 Å². The zero-order valence-corrected chi connectivity index (χ0v) is 14.9. The van der Waals surface area contributed by atoms with E-state index in [1.54, 1.807) is 25.1 Å². The van der Waals surface area contributed by atoms with Crippen molar-refractivity contribution in [3.05, 3.63) is 56.3 Å². The third-order valence-corrected chi connectivity index (χ3v) is 5.31. The number of ether oxygens (including phenoxy) is 1. The smallest absolute Gasteiger partial charge is 0.336 e. The number of carbonyl (C=O) groups excluding carboxylic acids is 2. The van der Waals surface area contributed by atoms with Gasteiger partial charge in [0.05, 0.1) is 22.7 Å². The lowest BCUT2D eigenvalue weighted by Crippen LogP contribution is -2.34. The Morgan fingerprint density at radius 2 is 2.04 bits per heavy atom. The van der Waals surface area contributed by atoms with Crippen molar-refractivity contribution in [2.24, 2.45) is 0 Å². The van der Waals surface area contributed by atoms with Gasteiger partial charge in [0.15, 0.2) is 5.78 Å². The molecule has 0 saturated carbocycles. The summed E-state index contributed by atoms with van der Waals surface area (Å²) >= 11 is 12.6. The molecule has 1 atom stereocenters. The fourth-order valence-electron chi connectivity index (χ4n) is 3.42. The van der Waals surface area contributed by atoms with Gasteiger partial charge in [0.1, 0.15) is 0 Å². The summed E-state index contributed by atoms with van der Waals surface area (Å²) in [5.74, 6) is -1.02. The number of benzene rings is 1. The van der Waals surface area contributed by atoms with Gasteiger partial charge in [0.2, 0.25) is 0 Å². The molecule has 0 radical (unpaired) electrons. The maximum Gasteiger partial charge on any atom is 0.336 e. The topological polar surface area (TPSA) is 55.4 Å². The molecule has 4 nitrogen and oxygen atoms in total. The lowest BCUT2D eigenvalue weighted by atomic mass is 9.75. The highest BCUT2D eigenvalue weighted by atomic mass is 35.5. The predicted molar refractivity (Wildman–Crippen MR) is 92.9 cm³/mol. The number of carbonyl (C=O) groups is 2. The standard InChI is InChI=1S/C18H17Cl2NO3/c1-9-14(18(23)24-2)15(10-5-3-6-11(19)17(10)20)16-12(21-9)7-4-8-13(16)22/h3,5-6,15,21H,4,7-8H2,1-2H3/t15-/m0/s1. The number of hydrogen-bond acceptors (Lipinski definition) is 4. The summed E-state index contributed by atoms with van der Waals surface area (Å²) in [6.45, 7) is 1.81. The van der Waals surface area contributed by atoms with Crippen LogP contribution in [0, 0.1) is 0 Å². The van der Waals surface area contributed by atoms with Gasteiger partial charge in [-0.05, 0) is 31.4 Å². The number of dihydropyridines is 1. The average Bonchev–Trinajstić information content (AvgIpc) is 2.56. The molecule has 1 N–H and O–H groups in total. The third kappa shape index (κ3) is 2.74. The minimum atomic E-state index is -0.562. The molecule has 1 heterocycles. The number of hydrogen-bond donors (Lipinski definition) is 1. The first-order chi connectivity index (χ1) is 11.5. The van der Waals surface area contributed by atoms with Crippen LogP contribution in [0.4, 0.5) is 0 Å². The number of methoxy groups -OCH3 is 1. The summed E-state index contributed by atoms with van der Waals surface area (Å²) < 4.78 is 4.95. The van der Waals surface area contributed by atoms with Gasteiger partial charge in [-0.1, -0.05) is 35.3 Å². The van der Waals surface area contributed by atoms with Crippen LogP contribution >= 0.6 is 23.2 Å². The molecule has 0 fully saturated rings. The number of rotatable bonds is 2. The van der Waals surface area contributed by atoms with Crippen LogP contribution in [-0.2, 0) is 14.3 Å². The van der Waals surface area contributed by atoms with E-state index in [0.29, 0.717) is 38.9 Å². The fourth-order valence-corrected chi connectivity index (χ4v) is 3.84. The SMILES string of the molecule is COC(=O)C1=C(C)NC2=C(C(=O)CCC2)[C@H]1c1cccc(Cl)c1Cl. The van der Waals surface area contributed by atoms with E-state index in [4.69, 9.17) is 27.9 Å².